The summed E-state index contributed by atoms with van der Waals surface area (Å²) in [5.74, 6) is -1.80. The van der Waals surface area contributed by atoms with Crippen LogP contribution in [0.2, 0.25) is 0 Å². The van der Waals surface area contributed by atoms with Crippen LogP contribution in [0.25, 0.3) is 10.9 Å². The molecule has 0 saturated carbocycles. The Hall–Kier alpha value is -2.90. The minimum atomic E-state index is -1.23. The number of H-pyrrole nitrogens is 1. The zero-order valence-electron chi connectivity index (χ0n) is 11.9. The summed E-state index contributed by atoms with van der Waals surface area (Å²) in [6.45, 7) is 1.85. The summed E-state index contributed by atoms with van der Waals surface area (Å²) in [5.41, 5.74) is 6.02. The molecule has 0 unspecified atom stereocenters. The van der Waals surface area contributed by atoms with Gasteiger partial charge >= 0.3 is 5.97 Å². The number of aromatic amines is 1. The number of nitrogens with one attached hydrogen (secondary N) is 1. The number of benzene rings is 1. The second kappa shape index (κ2) is 5.84. The van der Waals surface area contributed by atoms with Crippen molar-refractivity contribution in [3.63, 3.8) is 0 Å². The van der Waals surface area contributed by atoms with Gasteiger partial charge in [-0.25, -0.2) is 4.79 Å². The van der Waals surface area contributed by atoms with Crippen LogP contribution in [0.5, 0.6) is 0 Å². The molecule has 0 bridgehead atoms. The molecule has 1 amide bonds. The number of aryl methyl sites for hydroxylation is 2. The van der Waals surface area contributed by atoms with Gasteiger partial charge in [0.2, 0.25) is 5.91 Å². The highest BCUT2D eigenvalue weighted by molar-refractivity contribution is 6.01. The number of carboxylic acid groups (broad SMARTS) is 1. The van der Waals surface area contributed by atoms with Gasteiger partial charge in [-0.2, -0.15) is 0 Å². The number of rotatable bonds is 6. The third kappa shape index (κ3) is 2.76. The molecule has 4 N–H and O–H groups in total. The van der Waals surface area contributed by atoms with Crippen LogP contribution in [0.3, 0.4) is 0 Å². The highest BCUT2D eigenvalue weighted by atomic mass is 16.6. The van der Waals surface area contributed by atoms with Crippen molar-refractivity contribution in [2.75, 3.05) is 0 Å². The van der Waals surface area contributed by atoms with Gasteiger partial charge in [-0.3, -0.25) is 14.9 Å². The Bertz CT molecular complexity index is 778. The smallest absolute Gasteiger partial charge is 0.352 e. The number of nitro groups is 1. The maximum absolute atomic E-state index is 11.4. The van der Waals surface area contributed by atoms with E-state index in [0.717, 1.165) is 5.56 Å². The summed E-state index contributed by atoms with van der Waals surface area (Å²) < 4.78 is 0. The van der Waals surface area contributed by atoms with Gasteiger partial charge in [-0.05, 0) is 30.0 Å². The minimum absolute atomic E-state index is 0.0304. The van der Waals surface area contributed by atoms with E-state index < -0.39 is 16.8 Å². The molecule has 2 aromatic rings. The summed E-state index contributed by atoms with van der Waals surface area (Å²) in [5, 5.41) is 20.9. The van der Waals surface area contributed by atoms with E-state index in [9.17, 15) is 24.8 Å². The van der Waals surface area contributed by atoms with Crippen molar-refractivity contribution in [1.29, 1.82) is 0 Å². The van der Waals surface area contributed by atoms with E-state index in [1.165, 1.54) is 6.07 Å². The lowest BCUT2D eigenvalue weighted by molar-refractivity contribution is -0.383. The van der Waals surface area contributed by atoms with Crippen molar-refractivity contribution in [2.24, 2.45) is 5.73 Å². The molecule has 0 radical (unpaired) electrons. The van der Waals surface area contributed by atoms with Crippen LogP contribution in [0.4, 0.5) is 5.69 Å². The third-order valence-corrected chi connectivity index (χ3v) is 3.49. The SMILES string of the molecule is CCc1cc([N+](=O)[O-])c2[nH]c(C(=O)O)c(CCC(N)=O)c2c1. The fourth-order valence-corrected chi connectivity index (χ4v) is 2.43. The minimum Gasteiger partial charge on any atom is -0.477 e. The molecule has 0 saturated heterocycles. The quantitative estimate of drug-likeness (QED) is 0.551. The molecule has 22 heavy (non-hydrogen) atoms. The lowest BCUT2D eigenvalue weighted by atomic mass is 10.0. The Morgan fingerprint density at radius 1 is 1.41 bits per heavy atom. The van der Waals surface area contributed by atoms with Crippen LogP contribution >= 0.6 is 0 Å². The zero-order valence-corrected chi connectivity index (χ0v) is 11.9. The summed E-state index contributed by atoms with van der Waals surface area (Å²) in [6.07, 6.45) is 0.651. The van der Waals surface area contributed by atoms with Crippen LogP contribution < -0.4 is 5.73 Å². The molecule has 1 heterocycles. The number of hydrogen-bond acceptors (Lipinski definition) is 4. The Morgan fingerprint density at radius 3 is 2.59 bits per heavy atom. The van der Waals surface area contributed by atoms with Crippen molar-refractivity contribution in [3.05, 3.63) is 39.1 Å². The Balaban J connectivity index is 2.75. The number of aromatic nitrogens is 1. The van der Waals surface area contributed by atoms with E-state index in [-0.39, 0.29) is 29.7 Å². The molecule has 0 aliphatic rings. The van der Waals surface area contributed by atoms with Crippen LogP contribution in [-0.4, -0.2) is 26.9 Å². The number of hydrogen-bond donors (Lipinski definition) is 3. The molecule has 2 rings (SSSR count). The van der Waals surface area contributed by atoms with Gasteiger partial charge in [-0.1, -0.05) is 6.92 Å². The molecule has 1 aromatic heterocycles. The molecule has 1 aromatic carbocycles. The molecule has 8 nitrogen and oxygen atoms in total. The number of amides is 1. The first kappa shape index (κ1) is 15.5. The van der Waals surface area contributed by atoms with E-state index in [0.29, 0.717) is 17.4 Å². The summed E-state index contributed by atoms with van der Waals surface area (Å²) in [7, 11) is 0. The van der Waals surface area contributed by atoms with E-state index in [4.69, 9.17) is 5.73 Å². The van der Waals surface area contributed by atoms with Gasteiger partial charge in [0.15, 0.2) is 0 Å². The molecule has 8 heteroatoms. The Kier molecular flexibility index (Phi) is 4.11. The number of carbonyl (C=O) groups is 2. The fraction of sp³-hybridized carbons (Fsp3) is 0.286. The van der Waals surface area contributed by atoms with Crippen molar-refractivity contribution in [2.45, 2.75) is 26.2 Å². The van der Waals surface area contributed by atoms with E-state index in [2.05, 4.69) is 4.98 Å². The number of primary amides is 1. The average molecular weight is 305 g/mol. The van der Waals surface area contributed by atoms with Gasteiger partial charge in [0.05, 0.1) is 4.92 Å². The maximum Gasteiger partial charge on any atom is 0.352 e. The highest BCUT2D eigenvalue weighted by Crippen LogP contribution is 2.32. The van der Waals surface area contributed by atoms with Gasteiger partial charge in [0, 0.05) is 17.9 Å². The van der Waals surface area contributed by atoms with Crippen LogP contribution in [0.1, 0.15) is 35.0 Å². The second-order valence-corrected chi connectivity index (χ2v) is 4.90. The van der Waals surface area contributed by atoms with Crippen LogP contribution in [-0.2, 0) is 17.6 Å². The second-order valence-electron chi connectivity index (χ2n) is 4.90. The van der Waals surface area contributed by atoms with E-state index >= 15 is 0 Å². The highest BCUT2D eigenvalue weighted by Gasteiger charge is 2.23. The Morgan fingerprint density at radius 2 is 2.09 bits per heavy atom. The number of nitrogens with zero attached hydrogens (tertiary/aromatic N) is 1. The van der Waals surface area contributed by atoms with Crippen LogP contribution in [0.15, 0.2) is 12.1 Å². The summed E-state index contributed by atoms with van der Waals surface area (Å²) >= 11 is 0. The molecule has 0 aliphatic carbocycles. The maximum atomic E-state index is 11.4. The number of nitro benzene ring substituents is 1. The molecule has 0 fully saturated rings. The summed E-state index contributed by atoms with van der Waals surface area (Å²) in [6, 6.07) is 3.13. The first-order valence-corrected chi connectivity index (χ1v) is 6.68. The van der Waals surface area contributed by atoms with Gasteiger partial charge < -0.3 is 15.8 Å². The van der Waals surface area contributed by atoms with Crippen molar-refractivity contribution in [3.8, 4) is 0 Å². The number of fused-ring (bicyclic) bond motifs is 1. The van der Waals surface area contributed by atoms with Crippen molar-refractivity contribution in [1.82, 2.24) is 4.98 Å². The molecular formula is C14H15N3O5. The molecule has 0 spiro atoms. The zero-order chi connectivity index (χ0) is 16.4. The first-order chi connectivity index (χ1) is 10.3. The standard InChI is InChI=1S/C14H15N3O5/c1-2-7-5-9-8(3-4-11(15)18)13(14(19)20)16-12(9)10(6-7)17(21)22/h5-6,16H,2-4H2,1H3,(H2,15,18)(H,19,20). The molecule has 116 valence electrons. The topological polar surface area (TPSA) is 139 Å². The molecule has 0 aliphatic heterocycles. The lowest BCUT2D eigenvalue weighted by Gasteiger charge is -2.02. The molecule has 0 atom stereocenters. The molecular weight excluding hydrogens is 290 g/mol. The summed E-state index contributed by atoms with van der Waals surface area (Å²) in [4.78, 5) is 35.6. The van der Waals surface area contributed by atoms with Gasteiger partial charge in [0.25, 0.3) is 5.69 Å². The van der Waals surface area contributed by atoms with Crippen molar-refractivity contribution < 1.29 is 19.6 Å². The largest absolute Gasteiger partial charge is 0.477 e. The number of nitrogens with two attached hydrogens (primary N) is 1. The Labute approximate surface area is 125 Å². The first-order valence-electron chi connectivity index (χ1n) is 6.68. The average Bonchev–Trinajstić information content (AvgIpc) is 2.82. The van der Waals surface area contributed by atoms with Crippen LogP contribution in [0, 0.1) is 10.1 Å². The predicted octanol–water partition coefficient (Wildman–Crippen LogP) is 1.75. The van der Waals surface area contributed by atoms with E-state index in [1.54, 1.807) is 6.07 Å². The van der Waals surface area contributed by atoms with Gasteiger partial charge in [-0.15, -0.1) is 0 Å². The monoisotopic (exact) mass is 305 g/mol. The van der Waals surface area contributed by atoms with Crippen molar-refractivity contribution >= 4 is 28.5 Å². The fourth-order valence-electron chi connectivity index (χ4n) is 2.43. The predicted molar refractivity (Wildman–Crippen MR) is 78.8 cm³/mol. The van der Waals surface area contributed by atoms with E-state index in [1.807, 2.05) is 6.92 Å². The number of aromatic carboxylic acids is 1. The third-order valence-electron chi connectivity index (χ3n) is 3.49. The number of non-ortho nitro benzene ring substituents is 1. The normalized spacial score (nSPS) is 10.8. The number of carboxylic acids is 1. The van der Waals surface area contributed by atoms with Gasteiger partial charge in [0.1, 0.15) is 11.2 Å². The lowest BCUT2D eigenvalue weighted by Crippen LogP contribution is -2.12. The number of carbonyl (C=O) groups excluding carboxylic acids is 1.